The van der Waals surface area contributed by atoms with Crippen molar-refractivity contribution in [2.24, 2.45) is 0 Å². The minimum atomic E-state index is -0.811. The largest absolute Gasteiger partial charge is 0.325 e. The molecule has 1 aliphatic heterocycles. The van der Waals surface area contributed by atoms with Crippen LogP contribution < -0.4 is 4.90 Å². The molecule has 3 aromatic rings. The summed E-state index contributed by atoms with van der Waals surface area (Å²) < 4.78 is 0. The lowest BCUT2D eigenvalue weighted by Gasteiger charge is -2.28. The van der Waals surface area contributed by atoms with E-state index >= 15 is 0 Å². The molecule has 5 nitrogen and oxygen atoms in total. The predicted molar refractivity (Wildman–Crippen MR) is 114 cm³/mol. The van der Waals surface area contributed by atoms with Gasteiger partial charge in [0, 0.05) is 6.54 Å². The van der Waals surface area contributed by atoms with E-state index in [0.29, 0.717) is 5.69 Å². The van der Waals surface area contributed by atoms with Crippen LogP contribution in [-0.4, -0.2) is 28.7 Å². The van der Waals surface area contributed by atoms with Crippen molar-refractivity contribution in [3.05, 3.63) is 102 Å². The van der Waals surface area contributed by atoms with Crippen molar-refractivity contribution < 1.29 is 14.4 Å². The van der Waals surface area contributed by atoms with Crippen molar-refractivity contribution >= 4 is 23.4 Å². The highest BCUT2D eigenvalue weighted by Crippen LogP contribution is 2.27. The molecule has 0 aromatic heterocycles. The van der Waals surface area contributed by atoms with Gasteiger partial charge in [0.15, 0.2) is 0 Å². The van der Waals surface area contributed by atoms with Crippen molar-refractivity contribution in [1.29, 1.82) is 0 Å². The van der Waals surface area contributed by atoms with E-state index in [1.54, 1.807) is 29.2 Å². The number of carbonyl (C=O) groups is 3. The Balaban J connectivity index is 1.62. The molecule has 1 fully saturated rings. The second kappa shape index (κ2) is 8.74. The van der Waals surface area contributed by atoms with Gasteiger partial charge in [0.1, 0.15) is 6.04 Å². The number of carbonyl (C=O) groups excluding carboxylic acids is 3. The Hall–Kier alpha value is -3.73. The molecule has 0 spiro atoms. The summed E-state index contributed by atoms with van der Waals surface area (Å²) in [5.41, 5.74) is 2.32. The predicted octanol–water partition coefficient (Wildman–Crippen LogP) is 3.59. The molecule has 30 heavy (non-hydrogen) atoms. The van der Waals surface area contributed by atoms with Gasteiger partial charge in [0.05, 0.1) is 18.5 Å². The molecule has 3 aromatic carbocycles. The number of nitrogens with zero attached hydrogens (tertiary/aromatic N) is 2. The zero-order valence-corrected chi connectivity index (χ0v) is 16.5. The Morgan fingerprint density at radius 2 is 1.33 bits per heavy atom. The van der Waals surface area contributed by atoms with E-state index in [2.05, 4.69) is 0 Å². The van der Waals surface area contributed by atoms with Crippen LogP contribution in [0.5, 0.6) is 0 Å². The summed E-state index contributed by atoms with van der Waals surface area (Å²) in [6.07, 6.45) is 0.165. The minimum Gasteiger partial charge on any atom is -0.325 e. The van der Waals surface area contributed by atoms with Gasteiger partial charge >= 0.3 is 0 Å². The van der Waals surface area contributed by atoms with Crippen LogP contribution in [0.3, 0.4) is 0 Å². The Morgan fingerprint density at radius 3 is 1.93 bits per heavy atom. The van der Waals surface area contributed by atoms with Crippen molar-refractivity contribution in [2.75, 3.05) is 4.90 Å². The summed E-state index contributed by atoms with van der Waals surface area (Å²) in [4.78, 5) is 41.9. The molecule has 1 atom stereocenters. The van der Waals surface area contributed by atoms with Crippen molar-refractivity contribution in [2.45, 2.75) is 25.4 Å². The summed E-state index contributed by atoms with van der Waals surface area (Å²) in [7, 11) is 0. The number of hydrogen-bond acceptors (Lipinski definition) is 3. The van der Waals surface area contributed by atoms with Crippen LogP contribution >= 0.6 is 0 Å². The second-order valence-electron chi connectivity index (χ2n) is 7.29. The van der Waals surface area contributed by atoms with Crippen molar-refractivity contribution in [3.8, 4) is 0 Å². The molecule has 0 radical (unpaired) electrons. The van der Waals surface area contributed by atoms with E-state index in [4.69, 9.17) is 0 Å². The maximum absolute atomic E-state index is 13.2. The Bertz CT molecular complexity index is 1040. The summed E-state index contributed by atoms with van der Waals surface area (Å²) in [6, 6.07) is 27.0. The number of para-hydroxylation sites is 1. The summed E-state index contributed by atoms with van der Waals surface area (Å²) >= 11 is 0. The first-order valence-electron chi connectivity index (χ1n) is 9.92. The maximum atomic E-state index is 13.2. The molecule has 1 saturated heterocycles. The molecular formula is C25H22N2O3. The molecule has 4 rings (SSSR count). The van der Waals surface area contributed by atoms with Crippen LogP contribution in [-0.2, 0) is 27.3 Å². The van der Waals surface area contributed by atoms with Crippen molar-refractivity contribution in [1.82, 2.24) is 4.90 Å². The highest BCUT2D eigenvalue weighted by atomic mass is 16.2. The van der Waals surface area contributed by atoms with E-state index in [0.717, 1.165) is 11.1 Å². The molecular weight excluding hydrogens is 376 g/mol. The van der Waals surface area contributed by atoms with Gasteiger partial charge in [0.25, 0.3) is 5.91 Å². The SMILES string of the molecule is O=C1CC(N(Cc2ccccc2)C(=O)Cc2ccccc2)C(=O)N1c1ccccc1. The monoisotopic (exact) mass is 398 g/mol. The van der Waals surface area contributed by atoms with Gasteiger partial charge in [-0.25, -0.2) is 4.90 Å². The number of anilines is 1. The number of rotatable bonds is 6. The van der Waals surface area contributed by atoms with Crippen LogP contribution in [0.4, 0.5) is 5.69 Å². The lowest BCUT2D eigenvalue weighted by Crippen LogP contribution is -2.45. The van der Waals surface area contributed by atoms with Crippen LogP contribution in [0.25, 0.3) is 0 Å². The Kier molecular flexibility index (Phi) is 5.70. The van der Waals surface area contributed by atoms with Gasteiger partial charge in [-0.3, -0.25) is 14.4 Å². The van der Waals surface area contributed by atoms with E-state index < -0.39 is 6.04 Å². The first-order valence-corrected chi connectivity index (χ1v) is 9.92. The van der Waals surface area contributed by atoms with Crippen LogP contribution in [0.2, 0.25) is 0 Å². The van der Waals surface area contributed by atoms with Gasteiger partial charge < -0.3 is 4.90 Å². The summed E-state index contributed by atoms with van der Waals surface area (Å²) in [5.74, 6) is -0.823. The quantitative estimate of drug-likeness (QED) is 0.596. The fourth-order valence-corrected chi connectivity index (χ4v) is 3.73. The summed E-state index contributed by atoms with van der Waals surface area (Å²) in [5, 5.41) is 0. The average molecular weight is 398 g/mol. The van der Waals surface area contributed by atoms with Gasteiger partial charge in [-0.2, -0.15) is 0 Å². The molecule has 0 saturated carbocycles. The molecule has 1 aliphatic rings. The fraction of sp³-hybridized carbons (Fsp3) is 0.160. The number of benzene rings is 3. The van der Waals surface area contributed by atoms with Gasteiger partial charge in [-0.05, 0) is 23.3 Å². The molecule has 0 N–H and O–H groups in total. The molecule has 3 amide bonds. The van der Waals surface area contributed by atoms with E-state index in [-0.39, 0.29) is 37.1 Å². The fourth-order valence-electron chi connectivity index (χ4n) is 3.73. The standard InChI is InChI=1S/C25H22N2O3/c28-23(16-19-10-4-1-5-11-19)26(18-20-12-6-2-7-13-20)22-17-24(29)27(25(22)30)21-14-8-3-9-15-21/h1-15,22H,16-18H2. The zero-order chi connectivity index (χ0) is 20.9. The first-order chi connectivity index (χ1) is 14.6. The van der Waals surface area contributed by atoms with Crippen LogP contribution in [0.1, 0.15) is 17.5 Å². The third-order valence-corrected chi connectivity index (χ3v) is 5.23. The highest BCUT2D eigenvalue weighted by molar-refractivity contribution is 6.23. The number of hydrogen-bond donors (Lipinski definition) is 0. The minimum absolute atomic E-state index is 0.0128. The maximum Gasteiger partial charge on any atom is 0.257 e. The molecule has 1 unspecified atom stereocenters. The third kappa shape index (κ3) is 4.15. The Morgan fingerprint density at radius 1 is 0.800 bits per heavy atom. The molecule has 0 aliphatic carbocycles. The van der Waals surface area contributed by atoms with Gasteiger partial charge in [-0.1, -0.05) is 78.9 Å². The number of amides is 3. The van der Waals surface area contributed by atoms with Crippen LogP contribution in [0, 0.1) is 0 Å². The lowest BCUT2D eigenvalue weighted by atomic mass is 10.1. The van der Waals surface area contributed by atoms with Crippen LogP contribution in [0.15, 0.2) is 91.0 Å². The van der Waals surface area contributed by atoms with Crippen molar-refractivity contribution in [3.63, 3.8) is 0 Å². The van der Waals surface area contributed by atoms with E-state index in [1.165, 1.54) is 4.90 Å². The molecule has 0 bridgehead atoms. The number of imide groups is 1. The molecule has 5 heteroatoms. The van der Waals surface area contributed by atoms with Gasteiger partial charge in [-0.15, -0.1) is 0 Å². The van der Waals surface area contributed by atoms with E-state index in [1.807, 2.05) is 66.7 Å². The topological polar surface area (TPSA) is 57.7 Å². The lowest BCUT2D eigenvalue weighted by molar-refractivity contribution is -0.138. The smallest absolute Gasteiger partial charge is 0.257 e. The highest BCUT2D eigenvalue weighted by Gasteiger charge is 2.44. The molecule has 150 valence electrons. The Labute approximate surface area is 175 Å². The first kappa shape index (κ1) is 19.6. The summed E-state index contributed by atoms with van der Waals surface area (Å²) in [6.45, 7) is 0.277. The van der Waals surface area contributed by atoms with E-state index in [9.17, 15) is 14.4 Å². The van der Waals surface area contributed by atoms with Gasteiger partial charge in [0.2, 0.25) is 11.8 Å². The second-order valence-corrected chi connectivity index (χ2v) is 7.29. The third-order valence-electron chi connectivity index (χ3n) is 5.23. The zero-order valence-electron chi connectivity index (χ0n) is 16.5. The molecule has 1 heterocycles. The average Bonchev–Trinajstić information content (AvgIpc) is 3.07. The normalized spacial score (nSPS) is 16.0.